The van der Waals surface area contributed by atoms with Crippen LogP contribution in [0, 0.1) is 12.8 Å². The Morgan fingerprint density at radius 2 is 1.96 bits per heavy atom. The van der Waals surface area contributed by atoms with Crippen molar-refractivity contribution >= 4 is 5.91 Å². The summed E-state index contributed by atoms with van der Waals surface area (Å²) in [6.07, 6.45) is 7.26. The summed E-state index contributed by atoms with van der Waals surface area (Å²) in [7, 11) is 0. The number of aryl methyl sites for hydroxylation is 1. The summed E-state index contributed by atoms with van der Waals surface area (Å²) in [5.41, 5.74) is 2.17. The summed E-state index contributed by atoms with van der Waals surface area (Å²) >= 11 is 0. The predicted octanol–water partition coefficient (Wildman–Crippen LogP) is 3.05. The Balaban J connectivity index is 1.27. The highest BCUT2D eigenvalue weighted by molar-refractivity contribution is 5.76. The summed E-state index contributed by atoms with van der Waals surface area (Å²) < 4.78 is 5.42. The molecule has 0 radical (unpaired) electrons. The van der Waals surface area contributed by atoms with Crippen molar-refractivity contribution < 1.29 is 9.32 Å². The van der Waals surface area contributed by atoms with E-state index in [4.69, 9.17) is 4.52 Å². The molecule has 1 aromatic carbocycles. The van der Waals surface area contributed by atoms with Gasteiger partial charge in [-0.15, -0.1) is 0 Å². The number of carbonyl (C=O) groups excluding carboxylic acids is 1. The van der Waals surface area contributed by atoms with Crippen molar-refractivity contribution in [3.05, 3.63) is 47.9 Å². The highest BCUT2D eigenvalue weighted by Crippen LogP contribution is 2.22. The van der Waals surface area contributed by atoms with E-state index in [2.05, 4.69) is 34.1 Å². The van der Waals surface area contributed by atoms with Crippen LogP contribution >= 0.6 is 0 Å². The molecule has 1 aromatic heterocycles. The van der Waals surface area contributed by atoms with Crippen molar-refractivity contribution in [3.63, 3.8) is 0 Å². The van der Waals surface area contributed by atoms with E-state index in [9.17, 15) is 4.79 Å². The molecule has 1 saturated heterocycles. The summed E-state index contributed by atoms with van der Waals surface area (Å²) in [6.45, 7) is 5.91. The molecule has 6 heteroatoms. The van der Waals surface area contributed by atoms with Crippen LogP contribution in [0.4, 0.5) is 0 Å². The van der Waals surface area contributed by atoms with Gasteiger partial charge in [-0.05, 0) is 25.7 Å². The second kappa shape index (κ2) is 8.05. The van der Waals surface area contributed by atoms with Gasteiger partial charge in [0.15, 0.2) is 0 Å². The normalized spacial score (nSPS) is 20.3. The van der Waals surface area contributed by atoms with E-state index in [-0.39, 0.29) is 5.91 Å². The van der Waals surface area contributed by atoms with Gasteiger partial charge in [0.1, 0.15) is 0 Å². The number of rotatable bonds is 5. The number of piperazine rings is 1. The largest absolute Gasteiger partial charge is 0.340 e. The molecular weight excluding hydrogens is 340 g/mol. The molecule has 0 saturated carbocycles. The fourth-order valence-electron chi connectivity index (χ4n) is 3.70. The van der Waals surface area contributed by atoms with Crippen molar-refractivity contribution in [2.24, 2.45) is 5.92 Å². The number of aromatic nitrogens is 2. The van der Waals surface area contributed by atoms with Gasteiger partial charge in [-0.2, -0.15) is 4.98 Å². The minimum atomic E-state index is 0.283. The average molecular weight is 366 g/mol. The van der Waals surface area contributed by atoms with Crippen LogP contribution in [0.25, 0.3) is 11.4 Å². The van der Waals surface area contributed by atoms with Crippen molar-refractivity contribution in [2.75, 3.05) is 26.2 Å². The number of benzene rings is 1. The molecule has 0 spiro atoms. The third-order valence-electron chi connectivity index (χ3n) is 5.41. The first-order valence-electron chi connectivity index (χ1n) is 9.74. The fourth-order valence-corrected chi connectivity index (χ4v) is 3.70. The Morgan fingerprint density at radius 1 is 1.19 bits per heavy atom. The molecule has 2 aliphatic rings. The van der Waals surface area contributed by atoms with Crippen LogP contribution < -0.4 is 0 Å². The molecule has 0 bridgehead atoms. The number of hydrogen-bond donors (Lipinski definition) is 0. The van der Waals surface area contributed by atoms with Gasteiger partial charge in [-0.25, -0.2) is 0 Å². The van der Waals surface area contributed by atoms with Crippen LogP contribution in [-0.2, 0) is 11.3 Å². The van der Waals surface area contributed by atoms with Crippen LogP contribution in [-0.4, -0.2) is 52.0 Å². The van der Waals surface area contributed by atoms with E-state index < -0.39 is 0 Å². The molecule has 1 aliphatic carbocycles. The van der Waals surface area contributed by atoms with E-state index in [1.165, 1.54) is 5.56 Å². The maximum atomic E-state index is 12.4. The van der Waals surface area contributed by atoms with Gasteiger partial charge in [0.25, 0.3) is 0 Å². The molecular formula is C21H26N4O2. The topological polar surface area (TPSA) is 62.5 Å². The number of allylic oxidation sites excluding steroid dienone is 2. The fraction of sp³-hybridized carbons (Fsp3) is 0.476. The van der Waals surface area contributed by atoms with Crippen LogP contribution in [0.3, 0.4) is 0 Å². The van der Waals surface area contributed by atoms with Gasteiger partial charge < -0.3 is 9.42 Å². The average Bonchev–Trinajstić information content (AvgIpc) is 3.35. The molecule has 142 valence electrons. The van der Waals surface area contributed by atoms with Crippen LogP contribution in [0.2, 0.25) is 0 Å². The van der Waals surface area contributed by atoms with E-state index in [0.29, 0.717) is 30.6 Å². The van der Waals surface area contributed by atoms with Crippen LogP contribution in [0.5, 0.6) is 0 Å². The number of carbonyl (C=O) groups is 1. The van der Waals surface area contributed by atoms with Crippen LogP contribution in [0.15, 0.2) is 40.9 Å². The number of nitrogens with zero attached hydrogens (tertiary/aromatic N) is 4. The summed E-state index contributed by atoms with van der Waals surface area (Å²) in [5.74, 6) is 1.98. The van der Waals surface area contributed by atoms with E-state index in [0.717, 1.165) is 44.6 Å². The van der Waals surface area contributed by atoms with Crippen LogP contribution in [0.1, 0.15) is 30.7 Å². The van der Waals surface area contributed by atoms with Gasteiger partial charge in [0.05, 0.1) is 6.54 Å². The monoisotopic (exact) mass is 366 g/mol. The molecule has 2 aromatic rings. The molecule has 6 nitrogen and oxygen atoms in total. The van der Waals surface area contributed by atoms with Gasteiger partial charge in [-0.1, -0.05) is 47.1 Å². The molecule has 27 heavy (non-hydrogen) atoms. The standard InChI is InChI=1S/C21H26N4O2/c1-16-6-8-18(9-7-16)21-22-19(27-23-21)15-24-10-12-25(13-11-24)20(26)14-17-4-2-3-5-17/h2,4,6-9,17H,3,5,10-15H2,1H3/t17-/m1/s1. The molecule has 1 aliphatic heterocycles. The zero-order valence-electron chi connectivity index (χ0n) is 15.8. The number of amides is 1. The van der Waals surface area contributed by atoms with Crippen molar-refractivity contribution in [2.45, 2.75) is 32.7 Å². The van der Waals surface area contributed by atoms with Gasteiger partial charge in [0, 0.05) is 38.2 Å². The molecule has 1 fully saturated rings. The van der Waals surface area contributed by atoms with Gasteiger partial charge in [0.2, 0.25) is 17.6 Å². The third-order valence-corrected chi connectivity index (χ3v) is 5.41. The Bertz CT molecular complexity index is 804. The lowest BCUT2D eigenvalue weighted by Crippen LogP contribution is -2.48. The predicted molar refractivity (Wildman–Crippen MR) is 103 cm³/mol. The molecule has 0 unspecified atom stereocenters. The van der Waals surface area contributed by atoms with Crippen molar-refractivity contribution in [1.82, 2.24) is 19.9 Å². The molecule has 1 atom stereocenters. The second-order valence-corrected chi connectivity index (χ2v) is 7.50. The lowest BCUT2D eigenvalue weighted by Gasteiger charge is -2.34. The minimum Gasteiger partial charge on any atom is -0.340 e. The Kier molecular flexibility index (Phi) is 5.34. The maximum absolute atomic E-state index is 12.4. The lowest BCUT2D eigenvalue weighted by molar-refractivity contribution is -0.133. The van der Waals surface area contributed by atoms with E-state index >= 15 is 0 Å². The zero-order chi connectivity index (χ0) is 18.6. The Hall–Kier alpha value is -2.47. The SMILES string of the molecule is Cc1ccc(-c2noc(CN3CCN(C(=O)C[C@@H]4C=CCC4)CC3)n2)cc1. The summed E-state index contributed by atoms with van der Waals surface area (Å²) in [6, 6.07) is 8.10. The highest BCUT2D eigenvalue weighted by atomic mass is 16.5. The smallest absolute Gasteiger partial charge is 0.241 e. The molecule has 1 amide bonds. The Labute approximate surface area is 159 Å². The zero-order valence-corrected chi connectivity index (χ0v) is 15.8. The molecule has 0 N–H and O–H groups in total. The number of hydrogen-bond acceptors (Lipinski definition) is 5. The van der Waals surface area contributed by atoms with Crippen molar-refractivity contribution in [1.29, 1.82) is 0 Å². The molecule has 2 heterocycles. The molecule has 4 rings (SSSR count). The van der Waals surface area contributed by atoms with Crippen molar-refractivity contribution in [3.8, 4) is 11.4 Å². The summed E-state index contributed by atoms with van der Waals surface area (Å²) in [4.78, 5) is 21.2. The van der Waals surface area contributed by atoms with E-state index in [1.54, 1.807) is 0 Å². The van der Waals surface area contributed by atoms with Gasteiger partial charge in [-0.3, -0.25) is 9.69 Å². The third kappa shape index (κ3) is 4.45. The highest BCUT2D eigenvalue weighted by Gasteiger charge is 2.24. The first-order chi connectivity index (χ1) is 13.2. The minimum absolute atomic E-state index is 0.283. The first kappa shape index (κ1) is 17.9. The quantitative estimate of drug-likeness (QED) is 0.761. The second-order valence-electron chi connectivity index (χ2n) is 7.50. The lowest BCUT2D eigenvalue weighted by atomic mass is 10.0. The first-order valence-corrected chi connectivity index (χ1v) is 9.74. The Morgan fingerprint density at radius 3 is 2.67 bits per heavy atom. The van der Waals surface area contributed by atoms with E-state index in [1.807, 2.05) is 29.2 Å². The summed E-state index contributed by atoms with van der Waals surface area (Å²) in [5, 5.41) is 4.10. The van der Waals surface area contributed by atoms with Gasteiger partial charge >= 0.3 is 0 Å². The maximum Gasteiger partial charge on any atom is 0.241 e.